The van der Waals surface area contributed by atoms with Gasteiger partial charge in [0.2, 0.25) is 0 Å². The molecular formula is C12H17N5S. The van der Waals surface area contributed by atoms with Crippen LogP contribution in [0.15, 0.2) is 30.6 Å². The van der Waals surface area contributed by atoms with Gasteiger partial charge in [0.15, 0.2) is 0 Å². The summed E-state index contributed by atoms with van der Waals surface area (Å²) in [5.74, 6) is 1.22. The number of thioether (sulfide) groups is 1. The van der Waals surface area contributed by atoms with Crippen molar-refractivity contribution in [2.24, 2.45) is 0 Å². The molecule has 2 rings (SSSR count). The van der Waals surface area contributed by atoms with Gasteiger partial charge in [0.05, 0.1) is 11.4 Å². The molecule has 1 aromatic heterocycles. The first-order valence-electron chi connectivity index (χ1n) is 5.97. The maximum atomic E-state index is 3.92. The molecule has 0 atom stereocenters. The molecule has 6 heteroatoms. The lowest BCUT2D eigenvalue weighted by molar-refractivity contribution is 0.786. The summed E-state index contributed by atoms with van der Waals surface area (Å²) in [6, 6.07) is 8.04. The van der Waals surface area contributed by atoms with E-state index in [1.54, 1.807) is 11.0 Å². The third kappa shape index (κ3) is 3.46. The Morgan fingerprint density at radius 1 is 1.28 bits per heavy atom. The maximum Gasteiger partial charge on any atom is 0.143 e. The van der Waals surface area contributed by atoms with Crippen LogP contribution in [0.1, 0.15) is 12.8 Å². The number of hydrogen-bond donors (Lipinski definition) is 1. The molecule has 0 spiro atoms. The van der Waals surface area contributed by atoms with Crippen molar-refractivity contribution in [3.8, 4) is 5.69 Å². The topological polar surface area (TPSA) is 55.6 Å². The molecule has 1 heterocycles. The second-order valence-corrected chi connectivity index (χ2v) is 4.88. The molecule has 2 aromatic rings. The first-order chi connectivity index (χ1) is 8.92. The van der Waals surface area contributed by atoms with E-state index in [4.69, 9.17) is 0 Å². The molecule has 0 aliphatic rings. The summed E-state index contributed by atoms with van der Waals surface area (Å²) in [6.07, 6.45) is 6.15. The molecule has 0 aliphatic carbocycles. The predicted octanol–water partition coefficient (Wildman–Crippen LogP) is 2.22. The van der Waals surface area contributed by atoms with E-state index < -0.39 is 0 Å². The number of nitrogens with one attached hydrogen (secondary N) is 1. The van der Waals surface area contributed by atoms with Crippen LogP contribution in [0.2, 0.25) is 0 Å². The maximum absolute atomic E-state index is 3.92. The summed E-state index contributed by atoms with van der Waals surface area (Å²) in [7, 11) is 0. The van der Waals surface area contributed by atoms with Crippen LogP contribution in [0.4, 0.5) is 5.69 Å². The second-order valence-electron chi connectivity index (χ2n) is 3.90. The molecule has 0 fully saturated rings. The Morgan fingerprint density at radius 3 is 2.94 bits per heavy atom. The van der Waals surface area contributed by atoms with Crippen molar-refractivity contribution in [3.05, 3.63) is 30.6 Å². The highest BCUT2D eigenvalue weighted by Crippen LogP contribution is 2.18. The number of hydrogen-bond acceptors (Lipinski definition) is 5. The summed E-state index contributed by atoms with van der Waals surface area (Å²) < 4.78 is 1.67. The van der Waals surface area contributed by atoms with Gasteiger partial charge in [-0.1, -0.05) is 12.1 Å². The quantitative estimate of drug-likeness (QED) is 0.776. The Morgan fingerprint density at radius 2 is 2.17 bits per heavy atom. The Labute approximate surface area is 111 Å². The fraction of sp³-hybridized carbons (Fsp3) is 0.417. The van der Waals surface area contributed by atoms with Crippen LogP contribution in [0.25, 0.3) is 5.69 Å². The molecule has 1 N–H and O–H groups in total. The minimum Gasteiger partial charge on any atom is -0.383 e. The van der Waals surface area contributed by atoms with Crippen molar-refractivity contribution in [1.29, 1.82) is 0 Å². The van der Waals surface area contributed by atoms with E-state index in [-0.39, 0.29) is 0 Å². The number of benzene rings is 1. The molecule has 0 bridgehead atoms. The summed E-state index contributed by atoms with van der Waals surface area (Å²) in [4.78, 5) is 0. The van der Waals surface area contributed by atoms with Crippen molar-refractivity contribution in [1.82, 2.24) is 20.2 Å². The van der Waals surface area contributed by atoms with E-state index in [1.165, 1.54) is 18.6 Å². The first kappa shape index (κ1) is 12.9. The van der Waals surface area contributed by atoms with Gasteiger partial charge in [-0.05, 0) is 47.4 Å². The SMILES string of the molecule is CSCCCCNc1ccccc1-n1cnnn1. The van der Waals surface area contributed by atoms with Gasteiger partial charge in [0, 0.05) is 6.54 Å². The van der Waals surface area contributed by atoms with Crippen LogP contribution in [-0.2, 0) is 0 Å². The van der Waals surface area contributed by atoms with E-state index in [1.807, 2.05) is 36.0 Å². The number of anilines is 1. The number of unbranched alkanes of at least 4 members (excludes halogenated alkanes) is 1. The molecule has 0 saturated heterocycles. The van der Waals surface area contributed by atoms with E-state index >= 15 is 0 Å². The van der Waals surface area contributed by atoms with Gasteiger partial charge in [-0.2, -0.15) is 16.4 Å². The molecule has 96 valence electrons. The number of nitrogens with zero attached hydrogens (tertiary/aromatic N) is 4. The lowest BCUT2D eigenvalue weighted by Gasteiger charge is -2.10. The van der Waals surface area contributed by atoms with Gasteiger partial charge >= 0.3 is 0 Å². The molecule has 18 heavy (non-hydrogen) atoms. The van der Waals surface area contributed by atoms with E-state index in [2.05, 4.69) is 27.1 Å². The normalized spacial score (nSPS) is 10.5. The number of para-hydroxylation sites is 2. The lowest BCUT2D eigenvalue weighted by atomic mass is 10.2. The fourth-order valence-electron chi connectivity index (χ4n) is 1.69. The molecule has 0 unspecified atom stereocenters. The predicted molar refractivity (Wildman–Crippen MR) is 75.3 cm³/mol. The second kappa shape index (κ2) is 7.00. The van der Waals surface area contributed by atoms with Gasteiger partial charge in [-0.15, -0.1) is 5.10 Å². The van der Waals surface area contributed by atoms with E-state index in [0.717, 1.165) is 17.9 Å². The lowest BCUT2D eigenvalue weighted by Crippen LogP contribution is -2.06. The average molecular weight is 263 g/mol. The monoisotopic (exact) mass is 263 g/mol. The van der Waals surface area contributed by atoms with Crippen LogP contribution < -0.4 is 5.32 Å². The van der Waals surface area contributed by atoms with Crippen LogP contribution in [0.5, 0.6) is 0 Å². The molecule has 1 aromatic carbocycles. The molecular weight excluding hydrogens is 246 g/mol. The van der Waals surface area contributed by atoms with Gasteiger partial charge in [-0.3, -0.25) is 0 Å². The zero-order chi connectivity index (χ0) is 12.6. The van der Waals surface area contributed by atoms with Crippen LogP contribution in [0.3, 0.4) is 0 Å². The molecule has 0 aliphatic heterocycles. The largest absolute Gasteiger partial charge is 0.383 e. The van der Waals surface area contributed by atoms with Gasteiger partial charge < -0.3 is 5.32 Å². The van der Waals surface area contributed by atoms with Crippen molar-refractivity contribution < 1.29 is 0 Å². The van der Waals surface area contributed by atoms with Crippen LogP contribution in [-0.4, -0.2) is 38.8 Å². The standard InChI is InChI=1S/C12H17N5S/c1-18-9-5-4-8-13-11-6-2-3-7-12(11)17-10-14-15-16-17/h2-3,6-7,10,13H,4-5,8-9H2,1H3. The van der Waals surface area contributed by atoms with Crippen molar-refractivity contribution in [2.75, 3.05) is 23.9 Å². The number of tetrazole rings is 1. The minimum atomic E-state index is 0.972. The van der Waals surface area contributed by atoms with Crippen LogP contribution in [0, 0.1) is 0 Å². The summed E-state index contributed by atoms with van der Waals surface area (Å²) in [6.45, 7) is 0.972. The molecule has 0 radical (unpaired) electrons. The number of aromatic nitrogens is 4. The van der Waals surface area contributed by atoms with Crippen molar-refractivity contribution >= 4 is 17.4 Å². The average Bonchev–Trinajstić information content (AvgIpc) is 2.93. The summed E-state index contributed by atoms with van der Waals surface area (Å²) in [5.41, 5.74) is 2.04. The summed E-state index contributed by atoms with van der Waals surface area (Å²) >= 11 is 1.89. The number of rotatable bonds is 7. The molecule has 0 saturated carbocycles. The Kier molecular flexibility index (Phi) is 5.01. The Bertz CT molecular complexity index is 457. The third-order valence-corrected chi connectivity index (χ3v) is 3.29. The third-order valence-electron chi connectivity index (χ3n) is 2.59. The minimum absolute atomic E-state index is 0.972. The van der Waals surface area contributed by atoms with Crippen LogP contribution >= 0.6 is 11.8 Å². The zero-order valence-electron chi connectivity index (χ0n) is 10.4. The fourth-order valence-corrected chi connectivity index (χ4v) is 2.18. The summed E-state index contributed by atoms with van der Waals surface area (Å²) in [5, 5.41) is 14.7. The highest BCUT2D eigenvalue weighted by Gasteiger charge is 2.04. The van der Waals surface area contributed by atoms with Crippen molar-refractivity contribution in [3.63, 3.8) is 0 Å². The van der Waals surface area contributed by atoms with E-state index in [9.17, 15) is 0 Å². The van der Waals surface area contributed by atoms with Crippen molar-refractivity contribution in [2.45, 2.75) is 12.8 Å². The smallest absolute Gasteiger partial charge is 0.143 e. The van der Waals surface area contributed by atoms with Gasteiger partial charge in [0.1, 0.15) is 6.33 Å². The molecule has 5 nitrogen and oxygen atoms in total. The molecule has 0 amide bonds. The zero-order valence-corrected chi connectivity index (χ0v) is 11.2. The van der Waals surface area contributed by atoms with E-state index in [0.29, 0.717) is 0 Å². The Hall–Kier alpha value is -1.56. The highest BCUT2D eigenvalue weighted by atomic mass is 32.2. The van der Waals surface area contributed by atoms with Gasteiger partial charge in [-0.25, -0.2) is 0 Å². The first-order valence-corrected chi connectivity index (χ1v) is 7.36. The highest BCUT2D eigenvalue weighted by molar-refractivity contribution is 7.98. The Balaban J connectivity index is 1.96. The van der Waals surface area contributed by atoms with Gasteiger partial charge in [0.25, 0.3) is 0 Å².